The summed E-state index contributed by atoms with van der Waals surface area (Å²) in [5.74, 6) is 2.31. The summed E-state index contributed by atoms with van der Waals surface area (Å²) < 4.78 is 18.7. The van der Waals surface area contributed by atoms with Crippen molar-refractivity contribution in [2.45, 2.75) is 52.6 Å². The number of carbonyl (C=O) groups is 3. The number of benzene rings is 3. The van der Waals surface area contributed by atoms with Gasteiger partial charge in [0.25, 0.3) is 11.8 Å². The van der Waals surface area contributed by atoms with Crippen molar-refractivity contribution in [1.29, 1.82) is 0 Å². The standard InChI is InChI=1S/C41H49N5O7/c1-28-11-16-34(37(24-28)52-23-9-8-10-32(27-47)45-21-19-43(5)20-22-45)44(6)39(49)31-14-15-33(36(26-31)51-7)42-38(48)30-13-12-29-17-18-46(35(29)25-30)40(50)53-41(2,3)4/h11-18,24-26H,8-10,19-23H2,1-7H3,(H,42,48). The number of nitrogens with zero attached hydrogens (tertiary/aromatic N) is 4. The Kier molecular flexibility index (Phi) is 12.3. The smallest absolute Gasteiger partial charge is 0.418 e. The molecule has 2 heterocycles. The van der Waals surface area contributed by atoms with Gasteiger partial charge >= 0.3 is 6.09 Å². The lowest BCUT2D eigenvalue weighted by molar-refractivity contribution is 0.0544. The van der Waals surface area contributed by atoms with E-state index in [0.717, 1.165) is 50.0 Å². The molecule has 2 amide bonds. The van der Waals surface area contributed by atoms with Gasteiger partial charge in [-0.3, -0.25) is 14.2 Å². The summed E-state index contributed by atoms with van der Waals surface area (Å²) in [5.41, 5.74) is 3.22. The largest absolute Gasteiger partial charge is 0.495 e. The van der Waals surface area contributed by atoms with Gasteiger partial charge < -0.3 is 34.2 Å². The summed E-state index contributed by atoms with van der Waals surface area (Å²) in [6.07, 6.45) is 3.23. The SMILES string of the molecule is COc1cc(C(=O)N(C)c2ccc(C)cc2OCCCCC(=C=O)N2CCN(C)CC2)ccc1NC(=O)c1ccc2ccn(C(=O)OC(C)(C)C)c2c1. The van der Waals surface area contributed by atoms with Crippen LogP contribution in [0.25, 0.3) is 10.9 Å². The maximum Gasteiger partial charge on any atom is 0.418 e. The van der Waals surface area contributed by atoms with Crippen molar-refractivity contribution >= 4 is 46.1 Å². The van der Waals surface area contributed by atoms with Crippen molar-refractivity contribution in [2.24, 2.45) is 0 Å². The van der Waals surface area contributed by atoms with Crippen LogP contribution in [0.15, 0.2) is 72.6 Å². The van der Waals surface area contributed by atoms with Gasteiger partial charge in [0.05, 0.1) is 36.3 Å². The number of piperazine rings is 1. The number of carbonyl (C=O) groups excluding carboxylic acids is 4. The van der Waals surface area contributed by atoms with Crippen LogP contribution >= 0.6 is 0 Å². The molecule has 4 aromatic rings. The molecule has 0 atom stereocenters. The summed E-state index contributed by atoms with van der Waals surface area (Å²) >= 11 is 0. The molecular weight excluding hydrogens is 674 g/mol. The van der Waals surface area contributed by atoms with Gasteiger partial charge in [-0.15, -0.1) is 0 Å². The van der Waals surface area contributed by atoms with Crippen LogP contribution in [-0.2, 0) is 9.53 Å². The van der Waals surface area contributed by atoms with Crippen LogP contribution in [0, 0.1) is 6.92 Å². The molecule has 1 aliphatic rings. The van der Waals surface area contributed by atoms with E-state index in [-0.39, 0.29) is 5.91 Å². The second-order valence-electron chi connectivity index (χ2n) is 14.3. The number of methoxy groups -OCH3 is 1. The van der Waals surface area contributed by atoms with Crippen LogP contribution in [0.3, 0.4) is 0 Å². The number of anilines is 2. The number of rotatable bonds is 12. The van der Waals surface area contributed by atoms with Crippen LogP contribution in [-0.4, -0.2) is 97.8 Å². The fourth-order valence-corrected chi connectivity index (χ4v) is 6.11. The van der Waals surface area contributed by atoms with Crippen molar-refractivity contribution in [3.8, 4) is 11.5 Å². The van der Waals surface area contributed by atoms with Crippen molar-refractivity contribution < 1.29 is 33.4 Å². The van der Waals surface area contributed by atoms with Gasteiger partial charge in [0.1, 0.15) is 23.0 Å². The topological polar surface area (TPSA) is 123 Å². The minimum atomic E-state index is -0.676. The quantitative estimate of drug-likeness (QED) is 0.125. The number of ether oxygens (including phenoxy) is 3. The molecule has 1 aromatic heterocycles. The summed E-state index contributed by atoms with van der Waals surface area (Å²) in [5, 5.41) is 3.65. The van der Waals surface area contributed by atoms with Gasteiger partial charge in [0, 0.05) is 55.9 Å². The fraction of sp³-hybridized carbons (Fsp3) is 0.390. The molecule has 5 rings (SSSR count). The van der Waals surface area contributed by atoms with E-state index in [1.54, 1.807) is 76.5 Å². The zero-order chi connectivity index (χ0) is 38.3. The molecule has 280 valence electrons. The van der Waals surface area contributed by atoms with Crippen LogP contribution in [0.2, 0.25) is 0 Å². The number of hydrogen-bond acceptors (Lipinski definition) is 9. The molecular formula is C41H49N5O7. The van der Waals surface area contributed by atoms with Gasteiger partial charge in [-0.05, 0) is 108 Å². The summed E-state index contributed by atoms with van der Waals surface area (Å²) in [6.45, 7) is 11.3. The first kappa shape index (κ1) is 38.6. The summed E-state index contributed by atoms with van der Waals surface area (Å²) in [4.78, 5) is 57.5. The lowest BCUT2D eigenvalue weighted by Gasteiger charge is -2.34. The maximum absolute atomic E-state index is 13.8. The van der Waals surface area contributed by atoms with Gasteiger partial charge in [-0.1, -0.05) is 12.1 Å². The Hall–Kier alpha value is -5.58. The molecule has 0 saturated carbocycles. The normalized spacial score (nSPS) is 13.3. The first-order valence-electron chi connectivity index (χ1n) is 17.8. The van der Waals surface area contributed by atoms with Gasteiger partial charge in [0.15, 0.2) is 0 Å². The lowest BCUT2D eigenvalue weighted by Crippen LogP contribution is -2.44. The van der Waals surface area contributed by atoms with Crippen LogP contribution in [0.4, 0.5) is 16.2 Å². The Morgan fingerprint density at radius 3 is 2.34 bits per heavy atom. The molecule has 53 heavy (non-hydrogen) atoms. The molecule has 0 unspecified atom stereocenters. The van der Waals surface area contributed by atoms with Gasteiger partial charge in [-0.2, -0.15) is 0 Å². The monoisotopic (exact) mass is 723 g/mol. The Morgan fingerprint density at radius 2 is 1.64 bits per heavy atom. The second-order valence-corrected chi connectivity index (χ2v) is 14.3. The van der Waals surface area contributed by atoms with E-state index < -0.39 is 17.6 Å². The molecule has 1 N–H and O–H groups in total. The van der Waals surface area contributed by atoms with E-state index in [2.05, 4.69) is 28.1 Å². The first-order valence-corrected chi connectivity index (χ1v) is 17.8. The highest BCUT2D eigenvalue weighted by Gasteiger charge is 2.22. The second kappa shape index (κ2) is 16.8. The molecule has 12 heteroatoms. The molecule has 1 saturated heterocycles. The number of nitrogens with one attached hydrogen (secondary N) is 1. The minimum absolute atomic E-state index is 0.295. The highest BCUT2D eigenvalue weighted by Crippen LogP contribution is 2.32. The Balaban J connectivity index is 1.23. The molecule has 0 bridgehead atoms. The Morgan fingerprint density at radius 1 is 0.906 bits per heavy atom. The van der Waals surface area contributed by atoms with Crippen molar-refractivity contribution in [3.05, 3.63) is 89.2 Å². The van der Waals surface area contributed by atoms with E-state index in [4.69, 9.17) is 14.2 Å². The molecule has 3 aromatic carbocycles. The number of fused-ring (bicyclic) bond motifs is 1. The van der Waals surface area contributed by atoms with Gasteiger partial charge in [-0.25, -0.2) is 9.59 Å². The lowest BCUT2D eigenvalue weighted by atomic mass is 10.1. The first-order chi connectivity index (χ1) is 25.3. The number of aryl methyl sites for hydroxylation is 1. The molecule has 12 nitrogen and oxygen atoms in total. The maximum atomic E-state index is 13.8. The van der Waals surface area contributed by atoms with Crippen LogP contribution in [0.5, 0.6) is 11.5 Å². The average molecular weight is 724 g/mol. The van der Waals surface area contributed by atoms with E-state index in [0.29, 0.717) is 58.2 Å². The Labute approximate surface area is 310 Å². The number of allylic oxidation sites excluding steroid dienone is 1. The highest BCUT2D eigenvalue weighted by atomic mass is 16.6. The third kappa shape index (κ3) is 9.65. The predicted molar refractivity (Wildman–Crippen MR) is 206 cm³/mol. The van der Waals surface area contributed by atoms with Crippen LogP contribution in [0.1, 0.15) is 66.3 Å². The molecule has 1 fully saturated rings. The number of hydrogen-bond donors (Lipinski definition) is 1. The summed E-state index contributed by atoms with van der Waals surface area (Å²) in [6, 6.07) is 17.4. The van der Waals surface area contributed by atoms with Crippen molar-refractivity contribution in [3.63, 3.8) is 0 Å². The minimum Gasteiger partial charge on any atom is -0.495 e. The number of unbranched alkanes of at least 4 members (excludes halogenated alkanes) is 1. The fourth-order valence-electron chi connectivity index (χ4n) is 6.11. The van der Waals surface area contributed by atoms with E-state index in [1.165, 1.54) is 16.6 Å². The highest BCUT2D eigenvalue weighted by molar-refractivity contribution is 6.09. The van der Waals surface area contributed by atoms with Gasteiger partial charge in [0.2, 0.25) is 0 Å². The molecule has 1 aliphatic heterocycles. The summed E-state index contributed by atoms with van der Waals surface area (Å²) in [7, 11) is 5.23. The van der Waals surface area contributed by atoms with Crippen molar-refractivity contribution in [1.82, 2.24) is 14.4 Å². The van der Waals surface area contributed by atoms with E-state index in [9.17, 15) is 19.2 Å². The molecule has 0 aliphatic carbocycles. The van der Waals surface area contributed by atoms with E-state index in [1.807, 2.05) is 25.1 Å². The molecule has 0 radical (unpaired) electrons. The van der Waals surface area contributed by atoms with E-state index >= 15 is 0 Å². The number of amides is 2. The predicted octanol–water partition coefficient (Wildman–Crippen LogP) is 6.78. The third-order valence-electron chi connectivity index (χ3n) is 9.09. The molecule has 0 spiro atoms. The zero-order valence-corrected chi connectivity index (χ0v) is 31.7. The van der Waals surface area contributed by atoms with Crippen molar-refractivity contribution in [2.75, 3.05) is 64.2 Å². The Bertz CT molecular complexity index is 2020. The number of aromatic nitrogens is 1. The average Bonchev–Trinajstić information content (AvgIpc) is 3.56. The number of likely N-dealkylation sites (N-methyl/N-ethyl adjacent to an activating group) is 1. The third-order valence-corrected chi connectivity index (χ3v) is 9.09. The zero-order valence-electron chi connectivity index (χ0n) is 31.7. The van der Waals surface area contributed by atoms with Crippen LogP contribution < -0.4 is 19.7 Å².